The highest BCUT2D eigenvalue weighted by molar-refractivity contribution is 5.76. The van der Waals surface area contributed by atoms with Crippen molar-refractivity contribution in [3.63, 3.8) is 0 Å². The Morgan fingerprint density at radius 1 is 1.04 bits per heavy atom. The van der Waals surface area contributed by atoms with E-state index in [2.05, 4.69) is 31.4 Å². The van der Waals surface area contributed by atoms with Gasteiger partial charge in [0.05, 0.1) is 6.54 Å². The van der Waals surface area contributed by atoms with Crippen LogP contribution >= 0.6 is 0 Å². The number of carbonyl (C=O) groups excluding carboxylic acids is 1. The summed E-state index contributed by atoms with van der Waals surface area (Å²) in [5.74, 6) is 0.300. The number of unbranched alkanes of at least 4 members (excludes halogenated alkanes) is 8. The predicted molar refractivity (Wildman–Crippen MR) is 103 cm³/mol. The Morgan fingerprint density at radius 3 is 2.12 bits per heavy atom. The second kappa shape index (κ2) is 12.2. The molecular weight excluding hydrogens is 296 g/mol. The van der Waals surface area contributed by atoms with Gasteiger partial charge in [-0.2, -0.15) is 0 Å². The minimum absolute atomic E-state index is 0.256. The molecule has 0 radical (unpaired) electrons. The van der Waals surface area contributed by atoms with E-state index in [1.165, 1.54) is 57.1 Å². The number of aromatic nitrogens is 1. The highest BCUT2D eigenvalue weighted by Crippen LogP contribution is 2.14. The lowest BCUT2D eigenvalue weighted by Crippen LogP contribution is -2.36. The molecule has 1 aromatic heterocycles. The average molecular weight is 335 g/mol. The van der Waals surface area contributed by atoms with Crippen LogP contribution in [0.1, 0.15) is 90.7 Å². The molecule has 0 saturated heterocycles. The van der Waals surface area contributed by atoms with Gasteiger partial charge in [0.2, 0.25) is 5.91 Å². The molecule has 0 aliphatic rings. The molecule has 24 heavy (non-hydrogen) atoms. The number of rotatable bonds is 13. The van der Waals surface area contributed by atoms with Crippen LogP contribution in [0.4, 0.5) is 0 Å². The molecule has 1 aromatic rings. The van der Waals surface area contributed by atoms with Gasteiger partial charge in [-0.3, -0.25) is 4.79 Å². The third kappa shape index (κ3) is 8.03. The smallest absolute Gasteiger partial charge is 0.223 e. The summed E-state index contributed by atoms with van der Waals surface area (Å²) in [7, 11) is 2.04. The molecule has 1 rings (SSSR count). The third-order valence-corrected chi connectivity index (χ3v) is 4.82. The van der Waals surface area contributed by atoms with Crippen LogP contribution in [-0.2, 0) is 18.4 Å². The highest BCUT2D eigenvalue weighted by atomic mass is 16.2. The molecule has 3 nitrogen and oxygen atoms in total. The Morgan fingerprint density at radius 2 is 1.62 bits per heavy atom. The molecule has 0 aliphatic heterocycles. The van der Waals surface area contributed by atoms with Crippen molar-refractivity contribution in [2.45, 2.75) is 97.6 Å². The van der Waals surface area contributed by atoms with Gasteiger partial charge in [0.1, 0.15) is 0 Å². The molecule has 0 saturated carbocycles. The van der Waals surface area contributed by atoms with Crippen molar-refractivity contribution < 1.29 is 4.79 Å². The maximum Gasteiger partial charge on any atom is 0.223 e. The zero-order chi connectivity index (χ0) is 17.8. The molecule has 0 spiro atoms. The number of amides is 1. The molecule has 0 atom stereocenters. The van der Waals surface area contributed by atoms with E-state index in [9.17, 15) is 4.79 Å². The van der Waals surface area contributed by atoms with Gasteiger partial charge in [0, 0.05) is 31.4 Å². The standard InChI is InChI=1S/C21H38N2O/c1-5-6-7-8-9-10-11-12-13-16-21(24)23(19(2)3)18-20-15-14-17-22(20)4/h14-15,17,19H,5-13,16,18H2,1-4H3. The largest absolute Gasteiger partial charge is 0.353 e. The monoisotopic (exact) mass is 334 g/mol. The van der Waals surface area contributed by atoms with E-state index in [0.717, 1.165) is 13.0 Å². The maximum atomic E-state index is 12.5. The fraction of sp³-hybridized carbons (Fsp3) is 0.762. The van der Waals surface area contributed by atoms with Crippen LogP contribution in [0.3, 0.4) is 0 Å². The average Bonchev–Trinajstić information content (AvgIpc) is 2.95. The summed E-state index contributed by atoms with van der Waals surface area (Å²) in [4.78, 5) is 14.6. The Labute approximate surface area is 149 Å². The van der Waals surface area contributed by atoms with Gasteiger partial charge in [-0.25, -0.2) is 0 Å². The maximum absolute atomic E-state index is 12.5. The molecule has 3 heteroatoms. The highest BCUT2D eigenvalue weighted by Gasteiger charge is 2.17. The lowest BCUT2D eigenvalue weighted by Gasteiger charge is -2.27. The topological polar surface area (TPSA) is 25.2 Å². The summed E-state index contributed by atoms with van der Waals surface area (Å²) in [5, 5.41) is 0. The van der Waals surface area contributed by atoms with Crippen molar-refractivity contribution in [3.05, 3.63) is 24.0 Å². The van der Waals surface area contributed by atoms with E-state index in [-0.39, 0.29) is 6.04 Å². The van der Waals surface area contributed by atoms with Gasteiger partial charge in [0.15, 0.2) is 0 Å². The van der Waals surface area contributed by atoms with Crippen molar-refractivity contribution in [3.8, 4) is 0 Å². The zero-order valence-electron chi connectivity index (χ0n) is 16.4. The SMILES string of the molecule is CCCCCCCCCCCC(=O)N(Cc1cccn1C)C(C)C. The first-order valence-corrected chi connectivity index (χ1v) is 9.96. The number of carbonyl (C=O) groups is 1. The Hall–Kier alpha value is -1.25. The van der Waals surface area contributed by atoms with Crippen molar-refractivity contribution in [2.75, 3.05) is 0 Å². The first-order chi connectivity index (χ1) is 11.6. The quantitative estimate of drug-likeness (QED) is 0.426. The summed E-state index contributed by atoms with van der Waals surface area (Å²) < 4.78 is 2.10. The van der Waals surface area contributed by atoms with E-state index >= 15 is 0 Å². The molecule has 0 fully saturated rings. The van der Waals surface area contributed by atoms with Gasteiger partial charge in [-0.05, 0) is 32.4 Å². The Kier molecular flexibility index (Phi) is 10.5. The Bertz CT molecular complexity index is 450. The van der Waals surface area contributed by atoms with Crippen molar-refractivity contribution in [2.24, 2.45) is 7.05 Å². The summed E-state index contributed by atoms with van der Waals surface area (Å²) in [6.07, 6.45) is 14.4. The fourth-order valence-corrected chi connectivity index (χ4v) is 3.12. The molecule has 0 aliphatic carbocycles. The number of aryl methyl sites for hydroxylation is 1. The summed E-state index contributed by atoms with van der Waals surface area (Å²) in [5.41, 5.74) is 1.20. The predicted octanol–water partition coefficient (Wildman–Crippen LogP) is 5.68. The molecule has 0 N–H and O–H groups in total. The number of nitrogens with zero attached hydrogens (tertiary/aromatic N) is 2. The van der Waals surface area contributed by atoms with Crippen LogP contribution in [0.5, 0.6) is 0 Å². The number of hydrogen-bond donors (Lipinski definition) is 0. The Balaban J connectivity index is 2.20. The van der Waals surface area contributed by atoms with Crippen LogP contribution in [-0.4, -0.2) is 21.4 Å². The zero-order valence-corrected chi connectivity index (χ0v) is 16.4. The van der Waals surface area contributed by atoms with Gasteiger partial charge in [-0.1, -0.05) is 58.3 Å². The molecule has 1 amide bonds. The first kappa shape index (κ1) is 20.8. The van der Waals surface area contributed by atoms with E-state index in [4.69, 9.17) is 0 Å². The van der Waals surface area contributed by atoms with E-state index in [0.29, 0.717) is 12.3 Å². The van der Waals surface area contributed by atoms with Crippen LogP contribution < -0.4 is 0 Å². The first-order valence-electron chi connectivity index (χ1n) is 9.96. The number of hydrogen-bond acceptors (Lipinski definition) is 1. The van der Waals surface area contributed by atoms with Crippen LogP contribution in [0.15, 0.2) is 18.3 Å². The normalized spacial score (nSPS) is 11.2. The summed E-state index contributed by atoms with van der Waals surface area (Å²) in [6, 6.07) is 4.39. The van der Waals surface area contributed by atoms with Crippen molar-refractivity contribution >= 4 is 5.91 Å². The lowest BCUT2D eigenvalue weighted by molar-refractivity contribution is -0.133. The molecule has 0 aromatic carbocycles. The van der Waals surface area contributed by atoms with Crippen LogP contribution in [0.25, 0.3) is 0 Å². The van der Waals surface area contributed by atoms with Crippen molar-refractivity contribution in [1.82, 2.24) is 9.47 Å². The molecular formula is C21H38N2O. The van der Waals surface area contributed by atoms with E-state index in [1.54, 1.807) is 0 Å². The molecule has 0 bridgehead atoms. The minimum Gasteiger partial charge on any atom is -0.353 e. The third-order valence-electron chi connectivity index (χ3n) is 4.82. The molecule has 138 valence electrons. The van der Waals surface area contributed by atoms with Gasteiger partial charge in [0.25, 0.3) is 0 Å². The molecule has 0 unspecified atom stereocenters. The second-order valence-corrected chi connectivity index (χ2v) is 7.30. The van der Waals surface area contributed by atoms with Gasteiger partial charge >= 0.3 is 0 Å². The second-order valence-electron chi connectivity index (χ2n) is 7.30. The van der Waals surface area contributed by atoms with Crippen LogP contribution in [0.2, 0.25) is 0 Å². The van der Waals surface area contributed by atoms with Crippen LogP contribution in [0, 0.1) is 0 Å². The lowest BCUT2D eigenvalue weighted by atomic mass is 10.1. The van der Waals surface area contributed by atoms with E-state index < -0.39 is 0 Å². The van der Waals surface area contributed by atoms with Gasteiger partial charge in [-0.15, -0.1) is 0 Å². The van der Waals surface area contributed by atoms with Crippen molar-refractivity contribution in [1.29, 1.82) is 0 Å². The van der Waals surface area contributed by atoms with Gasteiger partial charge < -0.3 is 9.47 Å². The summed E-state index contributed by atoms with van der Waals surface area (Å²) >= 11 is 0. The van der Waals surface area contributed by atoms with E-state index in [1.807, 2.05) is 24.2 Å². The molecule has 1 heterocycles. The fourth-order valence-electron chi connectivity index (χ4n) is 3.12. The minimum atomic E-state index is 0.256. The summed E-state index contributed by atoms with van der Waals surface area (Å²) in [6.45, 7) is 7.20.